The Bertz CT molecular complexity index is 830. The number of hydrogen-bond donors (Lipinski definition) is 1. The molecule has 0 atom stereocenters. The Morgan fingerprint density at radius 3 is 2.26 bits per heavy atom. The van der Waals surface area contributed by atoms with Crippen LogP contribution in [0.1, 0.15) is 45.4 Å². The molecule has 5 fully saturated rings. The average Bonchev–Trinajstić information content (AvgIpc) is 2.73. The zero-order valence-corrected chi connectivity index (χ0v) is 19.0. The molecule has 1 aliphatic heterocycles. The molecule has 1 saturated heterocycles. The maximum Gasteiger partial charge on any atom is 0.409 e. The lowest BCUT2D eigenvalue weighted by Gasteiger charge is -2.55. The van der Waals surface area contributed by atoms with Crippen LogP contribution < -0.4 is 10.2 Å². The first-order valence-electron chi connectivity index (χ1n) is 11.7. The molecule has 1 aromatic carbocycles. The third-order valence-electron chi connectivity index (χ3n) is 7.88. The molecule has 6 nitrogen and oxygen atoms in total. The maximum atomic E-state index is 13.6. The highest BCUT2D eigenvalue weighted by atomic mass is 35.5. The predicted molar refractivity (Wildman–Crippen MR) is 121 cm³/mol. The summed E-state index contributed by atoms with van der Waals surface area (Å²) in [5, 5.41) is 3.92. The normalized spacial score (nSPS) is 31.6. The largest absolute Gasteiger partial charge is 0.450 e. The second-order valence-corrected chi connectivity index (χ2v) is 10.4. The number of ether oxygens (including phenoxy) is 1. The second-order valence-electron chi connectivity index (χ2n) is 9.96. The number of piperazine rings is 1. The van der Waals surface area contributed by atoms with E-state index in [0.29, 0.717) is 37.8 Å². The fourth-order valence-electron chi connectivity index (χ4n) is 6.91. The Kier molecular flexibility index (Phi) is 5.53. The highest BCUT2D eigenvalue weighted by Crippen LogP contribution is 2.60. The molecular weight excluding hydrogens is 414 g/mol. The molecule has 1 heterocycles. The minimum atomic E-state index is -0.267. The number of nitrogens with one attached hydrogen (secondary N) is 1. The maximum absolute atomic E-state index is 13.6. The van der Waals surface area contributed by atoms with E-state index in [1.54, 1.807) is 4.90 Å². The number of halogens is 1. The summed E-state index contributed by atoms with van der Waals surface area (Å²) in [4.78, 5) is 29.5. The molecule has 6 rings (SSSR count). The molecule has 0 radical (unpaired) electrons. The van der Waals surface area contributed by atoms with Crippen molar-refractivity contribution >= 4 is 35.0 Å². The van der Waals surface area contributed by atoms with Crippen molar-refractivity contribution in [3.05, 3.63) is 23.2 Å². The van der Waals surface area contributed by atoms with Gasteiger partial charge in [0, 0.05) is 26.2 Å². The first-order chi connectivity index (χ1) is 15.0. The third kappa shape index (κ3) is 3.88. The zero-order chi connectivity index (χ0) is 21.6. The fraction of sp³-hybridized carbons (Fsp3) is 0.667. The smallest absolute Gasteiger partial charge is 0.409 e. The lowest BCUT2D eigenvalue weighted by Crippen LogP contribution is -2.52. The van der Waals surface area contributed by atoms with Gasteiger partial charge in [0.1, 0.15) is 0 Å². The number of nitrogens with zero attached hydrogens (tertiary/aromatic N) is 2. The van der Waals surface area contributed by atoms with Crippen LogP contribution in [0, 0.1) is 23.2 Å². The van der Waals surface area contributed by atoms with Gasteiger partial charge in [0.15, 0.2) is 0 Å². The third-order valence-corrected chi connectivity index (χ3v) is 8.18. The number of carbonyl (C=O) groups excluding carboxylic acids is 2. The number of benzene rings is 1. The van der Waals surface area contributed by atoms with E-state index in [-0.39, 0.29) is 17.4 Å². The average molecular weight is 446 g/mol. The van der Waals surface area contributed by atoms with Gasteiger partial charge in [0.05, 0.1) is 28.4 Å². The molecular formula is C24H32ClN3O3. The molecule has 4 bridgehead atoms. The topological polar surface area (TPSA) is 61.9 Å². The van der Waals surface area contributed by atoms with Crippen LogP contribution in [-0.4, -0.2) is 49.7 Å². The summed E-state index contributed by atoms with van der Waals surface area (Å²) < 4.78 is 5.12. The number of hydrogen-bond acceptors (Lipinski definition) is 4. The lowest BCUT2D eigenvalue weighted by molar-refractivity contribution is -0.140. The van der Waals surface area contributed by atoms with Crippen LogP contribution in [0.5, 0.6) is 0 Å². The lowest BCUT2D eigenvalue weighted by atomic mass is 9.49. The van der Waals surface area contributed by atoms with E-state index in [9.17, 15) is 9.59 Å². The monoisotopic (exact) mass is 445 g/mol. The molecule has 5 aliphatic rings. The summed E-state index contributed by atoms with van der Waals surface area (Å²) in [6.45, 7) is 4.66. The van der Waals surface area contributed by atoms with E-state index in [1.807, 2.05) is 25.1 Å². The summed E-state index contributed by atoms with van der Waals surface area (Å²) in [6.07, 6.45) is 6.81. The van der Waals surface area contributed by atoms with Gasteiger partial charge in [-0.05, 0) is 75.3 Å². The summed E-state index contributed by atoms with van der Waals surface area (Å²) in [7, 11) is 0. The Morgan fingerprint density at radius 2 is 1.68 bits per heavy atom. The molecule has 0 spiro atoms. The van der Waals surface area contributed by atoms with E-state index in [1.165, 1.54) is 19.3 Å². The minimum absolute atomic E-state index is 0.181. The predicted octanol–water partition coefficient (Wildman–Crippen LogP) is 4.77. The molecule has 4 aliphatic carbocycles. The summed E-state index contributed by atoms with van der Waals surface area (Å²) in [6, 6.07) is 5.72. The van der Waals surface area contributed by atoms with Gasteiger partial charge in [-0.25, -0.2) is 4.79 Å². The summed E-state index contributed by atoms with van der Waals surface area (Å²) in [5.74, 6) is 2.37. The van der Waals surface area contributed by atoms with Gasteiger partial charge >= 0.3 is 6.09 Å². The van der Waals surface area contributed by atoms with Gasteiger partial charge in [-0.15, -0.1) is 0 Å². The molecule has 7 heteroatoms. The van der Waals surface area contributed by atoms with Crippen LogP contribution in [0.25, 0.3) is 0 Å². The number of rotatable bonds is 4. The first kappa shape index (κ1) is 20.9. The van der Waals surface area contributed by atoms with Crippen molar-refractivity contribution in [2.24, 2.45) is 23.2 Å². The van der Waals surface area contributed by atoms with Gasteiger partial charge < -0.3 is 19.9 Å². The second kappa shape index (κ2) is 8.19. The van der Waals surface area contributed by atoms with Crippen molar-refractivity contribution in [1.29, 1.82) is 0 Å². The van der Waals surface area contributed by atoms with Gasteiger partial charge in [-0.1, -0.05) is 17.7 Å². The molecule has 1 aromatic rings. The highest BCUT2D eigenvalue weighted by molar-refractivity contribution is 6.34. The highest BCUT2D eigenvalue weighted by Gasteiger charge is 2.54. The molecule has 0 aromatic heterocycles. The van der Waals surface area contributed by atoms with E-state index in [2.05, 4.69) is 10.2 Å². The summed E-state index contributed by atoms with van der Waals surface area (Å²) in [5.41, 5.74) is 1.46. The SMILES string of the molecule is CCOC(=O)N1CCN(c2c(Cl)cccc2NC(=O)C23CC4CC(CC(C4)C2)C3)CC1. The zero-order valence-electron chi connectivity index (χ0n) is 18.2. The molecule has 4 saturated carbocycles. The number of carbonyl (C=O) groups is 2. The van der Waals surface area contributed by atoms with Crippen LogP contribution in [-0.2, 0) is 9.53 Å². The fourth-order valence-corrected chi connectivity index (χ4v) is 7.20. The molecule has 1 N–H and O–H groups in total. The number of para-hydroxylation sites is 1. The van der Waals surface area contributed by atoms with Crippen molar-refractivity contribution in [2.45, 2.75) is 45.4 Å². The Morgan fingerprint density at radius 1 is 1.06 bits per heavy atom. The molecule has 2 amide bonds. The van der Waals surface area contributed by atoms with Gasteiger partial charge in [0.25, 0.3) is 0 Å². The Balaban J connectivity index is 1.32. The van der Waals surface area contributed by atoms with Crippen molar-refractivity contribution < 1.29 is 14.3 Å². The Hall–Kier alpha value is -1.95. The first-order valence-corrected chi connectivity index (χ1v) is 12.1. The van der Waals surface area contributed by atoms with Crippen LogP contribution in [0.4, 0.5) is 16.2 Å². The number of amides is 2. The van der Waals surface area contributed by atoms with E-state index in [0.717, 1.165) is 48.4 Å². The number of anilines is 2. The van der Waals surface area contributed by atoms with Crippen molar-refractivity contribution in [3.63, 3.8) is 0 Å². The van der Waals surface area contributed by atoms with E-state index < -0.39 is 0 Å². The van der Waals surface area contributed by atoms with Gasteiger partial charge in [0.2, 0.25) is 5.91 Å². The standard InChI is InChI=1S/C24H32ClN3O3/c1-2-31-23(30)28-8-6-27(7-9-28)21-19(25)4-3-5-20(21)26-22(29)24-13-16-10-17(14-24)12-18(11-16)15-24/h3-5,16-18H,2,6-15H2,1H3,(H,26,29). The van der Waals surface area contributed by atoms with E-state index in [4.69, 9.17) is 16.3 Å². The Labute approximate surface area is 189 Å². The van der Waals surface area contributed by atoms with Gasteiger partial charge in [-0.2, -0.15) is 0 Å². The molecule has 31 heavy (non-hydrogen) atoms. The minimum Gasteiger partial charge on any atom is -0.450 e. The van der Waals surface area contributed by atoms with Crippen LogP contribution in [0.3, 0.4) is 0 Å². The van der Waals surface area contributed by atoms with Crippen molar-refractivity contribution in [3.8, 4) is 0 Å². The molecule has 0 unspecified atom stereocenters. The van der Waals surface area contributed by atoms with E-state index >= 15 is 0 Å². The summed E-state index contributed by atoms with van der Waals surface area (Å²) >= 11 is 6.62. The quantitative estimate of drug-likeness (QED) is 0.724. The molecule has 168 valence electrons. The van der Waals surface area contributed by atoms with Gasteiger partial charge in [-0.3, -0.25) is 4.79 Å². The van der Waals surface area contributed by atoms with Crippen LogP contribution in [0.15, 0.2) is 18.2 Å². The van der Waals surface area contributed by atoms with Crippen LogP contribution in [0.2, 0.25) is 5.02 Å². The van der Waals surface area contributed by atoms with Crippen LogP contribution >= 0.6 is 11.6 Å². The van der Waals surface area contributed by atoms with Crippen molar-refractivity contribution in [2.75, 3.05) is 43.0 Å². The van der Waals surface area contributed by atoms with Crippen molar-refractivity contribution in [1.82, 2.24) is 4.90 Å².